The van der Waals surface area contributed by atoms with Gasteiger partial charge in [0.2, 0.25) is 0 Å². The third kappa shape index (κ3) is 4.24. The first-order chi connectivity index (χ1) is 9.79. The number of hydrogen-bond acceptors (Lipinski definition) is 3. The molecule has 1 aromatic heterocycles. The van der Waals surface area contributed by atoms with Crippen LogP contribution >= 0.6 is 0 Å². The molecule has 0 bridgehead atoms. The number of aromatic nitrogens is 2. The molecule has 1 N–H and O–H groups in total. The molecule has 106 valence electrons. The van der Waals surface area contributed by atoms with Gasteiger partial charge in [-0.1, -0.05) is 30.9 Å². The van der Waals surface area contributed by atoms with E-state index in [0.29, 0.717) is 12.6 Å². The van der Waals surface area contributed by atoms with E-state index in [0.717, 1.165) is 24.4 Å². The fraction of sp³-hybridized carbons (Fsp3) is 0.312. The zero-order chi connectivity index (χ0) is 14.2. The minimum absolute atomic E-state index is 0.358. The van der Waals surface area contributed by atoms with Crippen LogP contribution in [0.3, 0.4) is 0 Å². The van der Waals surface area contributed by atoms with Crippen molar-refractivity contribution in [1.29, 1.82) is 0 Å². The summed E-state index contributed by atoms with van der Waals surface area (Å²) in [4.78, 5) is 4.05. The van der Waals surface area contributed by atoms with Crippen LogP contribution < -0.4 is 10.1 Å². The Hall–Kier alpha value is -2.07. The summed E-state index contributed by atoms with van der Waals surface area (Å²) in [6.07, 6.45) is 7.36. The Labute approximate surface area is 120 Å². The van der Waals surface area contributed by atoms with E-state index < -0.39 is 0 Å². The smallest absolute Gasteiger partial charge is 0.124 e. The van der Waals surface area contributed by atoms with E-state index in [1.54, 1.807) is 12.3 Å². The summed E-state index contributed by atoms with van der Waals surface area (Å²) in [6, 6.07) is 8.43. The van der Waals surface area contributed by atoms with Crippen molar-refractivity contribution in [2.24, 2.45) is 0 Å². The molecule has 2 aromatic rings. The lowest BCUT2D eigenvalue weighted by molar-refractivity contribution is 0.356. The van der Waals surface area contributed by atoms with Crippen molar-refractivity contribution < 1.29 is 4.74 Å². The standard InChI is InChI=1S/C16H21N3O/c1-3-10-20-16-7-5-4-6-15(16)11-18-14(2)12-19-9-8-17-13-19/h3-9,13-14,18H,1,10-12H2,2H3. The number of hydrogen-bond donors (Lipinski definition) is 1. The Bertz CT molecular complexity index is 522. The molecule has 0 radical (unpaired) electrons. The van der Waals surface area contributed by atoms with Gasteiger partial charge in [-0.3, -0.25) is 0 Å². The van der Waals surface area contributed by atoms with Gasteiger partial charge in [0.1, 0.15) is 12.4 Å². The van der Waals surface area contributed by atoms with Crippen LogP contribution in [-0.4, -0.2) is 22.2 Å². The van der Waals surface area contributed by atoms with Crippen molar-refractivity contribution in [3.8, 4) is 5.75 Å². The molecular formula is C16H21N3O. The van der Waals surface area contributed by atoms with Gasteiger partial charge < -0.3 is 14.6 Å². The van der Waals surface area contributed by atoms with Crippen LogP contribution in [-0.2, 0) is 13.1 Å². The first kappa shape index (κ1) is 14.3. The zero-order valence-corrected chi connectivity index (χ0v) is 11.8. The molecule has 20 heavy (non-hydrogen) atoms. The summed E-state index contributed by atoms with van der Waals surface area (Å²) in [6.45, 7) is 8.04. The second-order valence-corrected chi connectivity index (χ2v) is 4.75. The number of ether oxygens (including phenoxy) is 1. The van der Waals surface area contributed by atoms with Crippen LogP contribution in [0.15, 0.2) is 55.6 Å². The van der Waals surface area contributed by atoms with Gasteiger partial charge in [0.05, 0.1) is 6.33 Å². The van der Waals surface area contributed by atoms with Gasteiger partial charge in [0, 0.05) is 37.1 Å². The fourth-order valence-electron chi connectivity index (χ4n) is 2.00. The number of nitrogens with zero attached hydrogens (tertiary/aromatic N) is 2. The molecule has 0 aliphatic heterocycles. The highest BCUT2D eigenvalue weighted by molar-refractivity contribution is 5.33. The second kappa shape index (κ2) is 7.50. The average Bonchev–Trinajstić information content (AvgIpc) is 2.96. The normalized spacial score (nSPS) is 12.1. The van der Waals surface area contributed by atoms with Crippen LogP contribution in [0.2, 0.25) is 0 Å². The minimum Gasteiger partial charge on any atom is -0.489 e. The first-order valence-electron chi connectivity index (χ1n) is 6.80. The Kier molecular flexibility index (Phi) is 5.38. The molecule has 4 heteroatoms. The summed E-state index contributed by atoms with van der Waals surface area (Å²) >= 11 is 0. The molecule has 0 saturated carbocycles. The highest BCUT2D eigenvalue weighted by atomic mass is 16.5. The molecule has 0 spiro atoms. The largest absolute Gasteiger partial charge is 0.489 e. The quantitative estimate of drug-likeness (QED) is 0.750. The molecule has 0 saturated heterocycles. The Balaban J connectivity index is 1.88. The zero-order valence-electron chi connectivity index (χ0n) is 11.8. The predicted molar refractivity (Wildman–Crippen MR) is 80.7 cm³/mol. The average molecular weight is 271 g/mol. The molecular weight excluding hydrogens is 250 g/mol. The van der Waals surface area contributed by atoms with Crippen LogP contribution in [0.1, 0.15) is 12.5 Å². The van der Waals surface area contributed by atoms with Crippen molar-refractivity contribution in [2.45, 2.75) is 26.1 Å². The maximum absolute atomic E-state index is 5.65. The summed E-state index contributed by atoms with van der Waals surface area (Å²) in [5.41, 5.74) is 1.16. The Morgan fingerprint density at radius 3 is 3.05 bits per heavy atom. The van der Waals surface area contributed by atoms with Gasteiger partial charge in [-0.15, -0.1) is 0 Å². The van der Waals surface area contributed by atoms with Crippen LogP contribution in [0, 0.1) is 0 Å². The van der Waals surface area contributed by atoms with Gasteiger partial charge in [-0.2, -0.15) is 0 Å². The highest BCUT2D eigenvalue weighted by Crippen LogP contribution is 2.17. The van der Waals surface area contributed by atoms with Gasteiger partial charge in [0.25, 0.3) is 0 Å². The van der Waals surface area contributed by atoms with Crippen LogP contribution in [0.5, 0.6) is 5.75 Å². The Morgan fingerprint density at radius 1 is 1.45 bits per heavy atom. The summed E-state index contributed by atoms with van der Waals surface area (Å²) in [5, 5.41) is 3.50. The number of benzene rings is 1. The summed E-state index contributed by atoms with van der Waals surface area (Å²) in [5.74, 6) is 0.912. The van der Waals surface area contributed by atoms with E-state index in [1.165, 1.54) is 0 Å². The van der Waals surface area contributed by atoms with Gasteiger partial charge >= 0.3 is 0 Å². The van der Waals surface area contributed by atoms with E-state index in [4.69, 9.17) is 4.74 Å². The van der Waals surface area contributed by atoms with Crippen LogP contribution in [0.25, 0.3) is 0 Å². The molecule has 0 aliphatic carbocycles. The lowest BCUT2D eigenvalue weighted by Gasteiger charge is -2.16. The lowest BCUT2D eigenvalue weighted by Crippen LogP contribution is -2.29. The third-order valence-corrected chi connectivity index (χ3v) is 3.01. The van der Waals surface area contributed by atoms with E-state index in [2.05, 4.69) is 34.4 Å². The van der Waals surface area contributed by atoms with E-state index in [9.17, 15) is 0 Å². The van der Waals surface area contributed by atoms with Crippen molar-refractivity contribution in [3.05, 3.63) is 61.2 Å². The van der Waals surface area contributed by atoms with Gasteiger partial charge in [0.15, 0.2) is 0 Å². The molecule has 0 aliphatic rings. The maximum atomic E-state index is 5.65. The number of rotatable bonds is 8. The number of nitrogens with one attached hydrogen (secondary N) is 1. The van der Waals surface area contributed by atoms with Gasteiger partial charge in [-0.05, 0) is 13.0 Å². The Morgan fingerprint density at radius 2 is 2.30 bits per heavy atom. The summed E-state index contributed by atoms with van der Waals surface area (Å²) in [7, 11) is 0. The molecule has 1 aromatic carbocycles. The molecule has 1 heterocycles. The van der Waals surface area contributed by atoms with E-state index in [1.807, 2.05) is 30.7 Å². The summed E-state index contributed by atoms with van der Waals surface area (Å²) < 4.78 is 7.72. The number of imidazole rings is 1. The van der Waals surface area contributed by atoms with E-state index >= 15 is 0 Å². The van der Waals surface area contributed by atoms with Crippen molar-refractivity contribution in [3.63, 3.8) is 0 Å². The van der Waals surface area contributed by atoms with Crippen molar-refractivity contribution in [1.82, 2.24) is 14.9 Å². The van der Waals surface area contributed by atoms with Crippen molar-refractivity contribution in [2.75, 3.05) is 6.61 Å². The minimum atomic E-state index is 0.358. The van der Waals surface area contributed by atoms with E-state index in [-0.39, 0.29) is 0 Å². The molecule has 1 atom stereocenters. The second-order valence-electron chi connectivity index (χ2n) is 4.75. The van der Waals surface area contributed by atoms with Crippen molar-refractivity contribution >= 4 is 0 Å². The fourth-order valence-corrected chi connectivity index (χ4v) is 2.00. The molecule has 2 rings (SSSR count). The molecule has 4 nitrogen and oxygen atoms in total. The lowest BCUT2D eigenvalue weighted by atomic mass is 10.2. The SMILES string of the molecule is C=CCOc1ccccc1CNC(C)Cn1ccnc1. The monoisotopic (exact) mass is 271 g/mol. The van der Waals surface area contributed by atoms with Gasteiger partial charge in [-0.25, -0.2) is 4.98 Å². The maximum Gasteiger partial charge on any atom is 0.124 e. The van der Waals surface area contributed by atoms with Crippen LogP contribution in [0.4, 0.5) is 0 Å². The number of para-hydroxylation sites is 1. The molecule has 0 fully saturated rings. The molecule has 0 amide bonds. The third-order valence-electron chi connectivity index (χ3n) is 3.01. The topological polar surface area (TPSA) is 39.1 Å². The molecule has 1 unspecified atom stereocenters. The highest BCUT2D eigenvalue weighted by Gasteiger charge is 2.06. The predicted octanol–water partition coefficient (Wildman–Crippen LogP) is 2.63. The first-order valence-corrected chi connectivity index (χ1v) is 6.80.